The lowest BCUT2D eigenvalue weighted by Crippen LogP contribution is -2.15. The zero-order chi connectivity index (χ0) is 16.5. The number of ether oxygens (including phenoxy) is 2. The van der Waals surface area contributed by atoms with Crippen molar-refractivity contribution in [3.63, 3.8) is 0 Å². The summed E-state index contributed by atoms with van der Waals surface area (Å²) in [5, 5.41) is 9.13. The van der Waals surface area contributed by atoms with Crippen molar-refractivity contribution in [1.29, 1.82) is 0 Å². The maximum Gasteiger partial charge on any atom is 0.163 e. The van der Waals surface area contributed by atoms with Gasteiger partial charge in [-0.3, -0.25) is 0 Å². The second kappa shape index (κ2) is 6.34. The van der Waals surface area contributed by atoms with Crippen molar-refractivity contribution in [3.8, 4) is 28.4 Å². The second-order valence-electron chi connectivity index (χ2n) is 5.27. The van der Waals surface area contributed by atoms with Crippen molar-refractivity contribution in [3.05, 3.63) is 53.2 Å². The Balaban J connectivity index is 1.84. The maximum absolute atomic E-state index is 6.04. The van der Waals surface area contributed by atoms with Gasteiger partial charge in [0.25, 0.3) is 0 Å². The molecule has 0 fully saturated rings. The molecule has 1 aliphatic heterocycles. The Morgan fingerprint density at radius 1 is 1.00 bits per heavy atom. The highest BCUT2D eigenvalue weighted by atomic mass is 35.5. The highest BCUT2D eigenvalue weighted by Crippen LogP contribution is 2.34. The average molecular weight is 362 g/mol. The number of hydrogen-bond acceptors (Lipinski definition) is 4. The van der Waals surface area contributed by atoms with Crippen LogP contribution in [0.4, 0.5) is 0 Å². The fourth-order valence-corrected chi connectivity index (χ4v) is 2.95. The van der Waals surface area contributed by atoms with Crippen LogP contribution in [0.2, 0.25) is 5.02 Å². The number of alkyl halides is 1. The topological polar surface area (TPSA) is 49.2 Å². The molecule has 5 nitrogen and oxygen atoms in total. The molecule has 0 spiro atoms. The third-order valence-electron chi connectivity index (χ3n) is 3.75. The smallest absolute Gasteiger partial charge is 0.163 e. The first-order chi connectivity index (χ1) is 11.8. The van der Waals surface area contributed by atoms with Gasteiger partial charge in [-0.1, -0.05) is 28.9 Å². The van der Waals surface area contributed by atoms with Crippen LogP contribution >= 0.6 is 23.2 Å². The summed E-state index contributed by atoms with van der Waals surface area (Å²) in [4.78, 5) is 0. The Labute approximate surface area is 148 Å². The Bertz CT molecular complexity index is 878. The summed E-state index contributed by atoms with van der Waals surface area (Å²) in [5.41, 5.74) is 3.30. The van der Waals surface area contributed by atoms with E-state index < -0.39 is 0 Å². The number of halogens is 2. The Kier molecular flexibility index (Phi) is 4.04. The van der Waals surface area contributed by atoms with Crippen molar-refractivity contribution >= 4 is 23.2 Å². The van der Waals surface area contributed by atoms with Crippen molar-refractivity contribution in [1.82, 2.24) is 15.0 Å². The van der Waals surface area contributed by atoms with Crippen LogP contribution in [-0.4, -0.2) is 28.2 Å². The van der Waals surface area contributed by atoms with Gasteiger partial charge in [0, 0.05) is 16.7 Å². The molecule has 0 radical (unpaired) electrons. The molecule has 2 heterocycles. The molecule has 0 atom stereocenters. The number of nitrogens with zero attached hydrogens (tertiary/aromatic N) is 3. The van der Waals surface area contributed by atoms with E-state index in [0.717, 1.165) is 22.7 Å². The van der Waals surface area contributed by atoms with Crippen molar-refractivity contribution in [2.45, 2.75) is 5.88 Å². The molecule has 1 aliphatic rings. The third kappa shape index (κ3) is 2.70. The monoisotopic (exact) mass is 361 g/mol. The van der Waals surface area contributed by atoms with E-state index in [9.17, 15) is 0 Å². The Morgan fingerprint density at radius 3 is 2.50 bits per heavy atom. The van der Waals surface area contributed by atoms with Gasteiger partial charge in [-0.05, 0) is 24.3 Å². The van der Waals surface area contributed by atoms with Crippen LogP contribution in [0.1, 0.15) is 5.69 Å². The summed E-state index contributed by atoms with van der Waals surface area (Å²) in [5.74, 6) is 1.70. The molecular weight excluding hydrogens is 349 g/mol. The van der Waals surface area contributed by atoms with Gasteiger partial charge in [-0.25, -0.2) is 4.68 Å². The largest absolute Gasteiger partial charge is 0.486 e. The molecule has 7 heteroatoms. The van der Waals surface area contributed by atoms with Gasteiger partial charge in [0.1, 0.15) is 18.9 Å². The summed E-state index contributed by atoms with van der Waals surface area (Å²) in [6.45, 7) is 1.09. The lowest BCUT2D eigenvalue weighted by molar-refractivity contribution is 0.171. The fourth-order valence-electron chi connectivity index (χ4n) is 2.64. The number of fused-ring (bicyclic) bond motifs is 1. The van der Waals surface area contributed by atoms with Crippen molar-refractivity contribution in [2.75, 3.05) is 13.2 Å². The second-order valence-corrected chi connectivity index (χ2v) is 5.97. The van der Waals surface area contributed by atoms with E-state index in [0.29, 0.717) is 29.7 Å². The van der Waals surface area contributed by atoms with E-state index >= 15 is 0 Å². The SMILES string of the molecule is ClCc1nnn(-c2ccc3c(c2)OCCO3)c1-c1ccc(Cl)cc1. The summed E-state index contributed by atoms with van der Waals surface area (Å²) >= 11 is 12.0. The first kappa shape index (κ1) is 15.3. The summed E-state index contributed by atoms with van der Waals surface area (Å²) in [6.07, 6.45) is 0. The van der Waals surface area contributed by atoms with E-state index in [-0.39, 0.29) is 5.88 Å². The van der Waals surface area contributed by atoms with Gasteiger partial charge in [-0.2, -0.15) is 0 Å². The molecule has 2 aromatic carbocycles. The number of benzene rings is 2. The molecular formula is C17H13Cl2N3O2. The first-order valence-electron chi connectivity index (χ1n) is 7.43. The molecule has 24 heavy (non-hydrogen) atoms. The lowest BCUT2D eigenvalue weighted by Gasteiger charge is -2.19. The number of aromatic nitrogens is 3. The highest BCUT2D eigenvalue weighted by Gasteiger charge is 2.18. The van der Waals surface area contributed by atoms with Crippen molar-refractivity contribution in [2.24, 2.45) is 0 Å². The zero-order valence-electron chi connectivity index (χ0n) is 12.6. The van der Waals surface area contributed by atoms with E-state index in [4.69, 9.17) is 32.7 Å². The van der Waals surface area contributed by atoms with Gasteiger partial charge < -0.3 is 9.47 Å². The van der Waals surface area contributed by atoms with E-state index in [2.05, 4.69) is 10.3 Å². The lowest BCUT2D eigenvalue weighted by atomic mass is 10.1. The molecule has 0 saturated heterocycles. The van der Waals surface area contributed by atoms with Crippen LogP contribution in [0.15, 0.2) is 42.5 Å². The summed E-state index contributed by atoms with van der Waals surface area (Å²) in [6, 6.07) is 13.2. The molecule has 0 N–H and O–H groups in total. The maximum atomic E-state index is 6.04. The fraction of sp³-hybridized carbons (Fsp3) is 0.176. The van der Waals surface area contributed by atoms with Crippen LogP contribution in [0, 0.1) is 0 Å². The van der Waals surface area contributed by atoms with Gasteiger partial charge >= 0.3 is 0 Å². The molecule has 1 aromatic heterocycles. The zero-order valence-corrected chi connectivity index (χ0v) is 14.1. The molecule has 122 valence electrons. The van der Waals surface area contributed by atoms with Crippen LogP contribution in [0.25, 0.3) is 16.9 Å². The van der Waals surface area contributed by atoms with E-state index in [1.165, 1.54) is 0 Å². The number of rotatable bonds is 3. The molecule has 0 unspecified atom stereocenters. The normalized spacial score (nSPS) is 13.1. The summed E-state index contributed by atoms with van der Waals surface area (Å²) < 4.78 is 13.0. The summed E-state index contributed by atoms with van der Waals surface area (Å²) in [7, 11) is 0. The quantitative estimate of drug-likeness (QED) is 0.659. The average Bonchev–Trinajstić information content (AvgIpc) is 3.06. The van der Waals surface area contributed by atoms with E-state index in [1.54, 1.807) is 4.68 Å². The minimum Gasteiger partial charge on any atom is -0.486 e. The predicted octanol–water partition coefficient (Wildman–Crippen LogP) is 4.10. The van der Waals surface area contributed by atoms with Gasteiger partial charge in [-0.15, -0.1) is 16.7 Å². The van der Waals surface area contributed by atoms with Crippen LogP contribution < -0.4 is 9.47 Å². The standard InChI is InChI=1S/C17H13Cl2N3O2/c18-10-14-17(11-1-3-12(19)4-2-11)22(21-20-14)13-5-6-15-16(9-13)24-8-7-23-15/h1-6,9H,7-8,10H2. The molecule has 0 amide bonds. The molecule has 3 aromatic rings. The predicted molar refractivity (Wildman–Crippen MR) is 92.4 cm³/mol. The first-order valence-corrected chi connectivity index (χ1v) is 8.34. The molecule has 0 bridgehead atoms. The van der Waals surface area contributed by atoms with Gasteiger partial charge in [0.2, 0.25) is 0 Å². The van der Waals surface area contributed by atoms with Crippen LogP contribution in [0.3, 0.4) is 0 Å². The highest BCUT2D eigenvalue weighted by molar-refractivity contribution is 6.30. The molecule has 4 rings (SSSR count). The Morgan fingerprint density at radius 2 is 1.75 bits per heavy atom. The minimum atomic E-state index is 0.266. The molecule has 0 aliphatic carbocycles. The van der Waals surface area contributed by atoms with Crippen LogP contribution in [0.5, 0.6) is 11.5 Å². The van der Waals surface area contributed by atoms with Crippen LogP contribution in [-0.2, 0) is 5.88 Å². The van der Waals surface area contributed by atoms with Gasteiger partial charge in [0.05, 0.1) is 17.3 Å². The third-order valence-corrected chi connectivity index (χ3v) is 4.26. The number of hydrogen-bond donors (Lipinski definition) is 0. The van der Waals surface area contributed by atoms with Crippen molar-refractivity contribution < 1.29 is 9.47 Å². The molecule has 0 saturated carbocycles. The Hall–Kier alpha value is -2.24. The minimum absolute atomic E-state index is 0.266. The van der Waals surface area contributed by atoms with E-state index in [1.807, 2.05) is 42.5 Å². The van der Waals surface area contributed by atoms with Gasteiger partial charge in [0.15, 0.2) is 11.5 Å².